The molecule has 0 spiro atoms. The van der Waals surface area contributed by atoms with E-state index in [9.17, 15) is 0 Å². The monoisotopic (exact) mass is 253 g/mol. The molecule has 2 atom stereocenters. The fraction of sp³-hybridized carbons (Fsp3) is 1.00. The highest BCUT2D eigenvalue weighted by atomic mass is 16.5. The van der Waals surface area contributed by atoms with E-state index in [1.54, 1.807) is 0 Å². The molecule has 3 N–H and O–H groups in total. The molecular weight excluding hydrogens is 226 g/mol. The maximum Gasteiger partial charge on any atom is 0.0511 e. The highest BCUT2D eigenvalue weighted by Crippen LogP contribution is 2.43. The SMILES string of the molecule is NNC(C1CCOC1)C1(N2CCCC2)CCCC1. The van der Waals surface area contributed by atoms with Crippen LogP contribution in [0.25, 0.3) is 0 Å². The second-order valence-corrected chi connectivity index (χ2v) is 6.27. The van der Waals surface area contributed by atoms with Crippen LogP contribution >= 0.6 is 0 Å². The van der Waals surface area contributed by atoms with Crippen molar-refractivity contribution in [3.63, 3.8) is 0 Å². The van der Waals surface area contributed by atoms with Gasteiger partial charge in [-0.1, -0.05) is 12.8 Å². The molecule has 2 heterocycles. The first-order valence-corrected chi connectivity index (χ1v) is 7.66. The summed E-state index contributed by atoms with van der Waals surface area (Å²) in [5, 5.41) is 0. The maximum absolute atomic E-state index is 5.95. The molecule has 3 fully saturated rings. The van der Waals surface area contributed by atoms with Crippen LogP contribution in [-0.2, 0) is 4.74 Å². The Kier molecular flexibility index (Phi) is 3.89. The molecular formula is C14H27N3O. The van der Waals surface area contributed by atoms with Crippen LogP contribution in [0.2, 0.25) is 0 Å². The van der Waals surface area contributed by atoms with Gasteiger partial charge in [0.1, 0.15) is 0 Å². The largest absolute Gasteiger partial charge is 0.381 e. The van der Waals surface area contributed by atoms with Crippen LogP contribution in [0.1, 0.15) is 44.9 Å². The molecule has 0 aromatic rings. The van der Waals surface area contributed by atoms with Crippen LogP contribution in [0, 0.1) is 5.92 Å². The Morgan fingerprint density at radius 3 is 2.44 bits per heavy atom. The Morgan fingerprint density at radius 1 is 1.17 bits per heavy atom. The molecule has 1 saturated carbocycles. The first-order chi connectivity index (χ1) is 8.87. The summed E-state index contributed by atoms with van der Waals surface area (Å²) in [6, 6.07) is 0.417. The third-order valence-electron chi connectivity index (χ3n) is 5.40. The third kappa shape index (κ3) is 2.09. The fourth-order valence-corrected chi connectivity index (χ4v) is 4.52. The molecule has 4 heteroatoms. The second kappa shape index (κ2) is 5.45. The van der Waals surface area contributed by atoms with E-state index < -0.39 is 0 Å². The van der Waals surface area contributed by atoms with Crippen LogP contribution < -0.4 is 11.3 Å². The number of hydrogen-bond acceptors (Lipinski definition) is 4. The van der Waals surface area contributed by atoms with Crippen LogP contribution in [0.15, 0.2) is 0 Å². The van der Waals surface area contributed by atoms with E-state index in [1.807, 2.05) is 0 Å². The zero-order valence-electron chi connectivity index (χ0n) is 11.4. The Balaban J connectivity index is 1.81. The van der Waals surface area contributed by atoms with E-state index in [2.05, 4.69) is 10.3 Å². The van der Waals surface area contributed by atoms with Gasteiger partial charge in [0, 0.05) is 24.1 Å². The van der Waals surface area contributed by atoms with Gasteiger partial charge in [0.05, 0.1) is 6.61 Å². The predicted octanol–water partition coefficient (Wildman–Crippen LogP) is 1.26. The highest BCUT2D eigenvalue weighted by molar-refractivity contribution is 5.06. The molecule has 0 amide bonds. The minimum absolute atomic E-state index is 0.323. The topological polar surface area (TPSA) is 50.5 Å². The quantitative estimate of drug-likeness (QED) is 0.585. The minimum Gasteiger partial charge on any atom is -0.381 e. The molecule has 104 valence electrons. The average Bonchev–Trinajstić information content (AvgIpc) is 3.14. The number of hydrogen-bond donors (Lipinski definition) is 2. The molecule has 18 heavy (non-hydrogen) atoms. The first-order valence-electron chi connectivity index (χ1n) is 7.66. The summed E-state index contributed by atoms with van der Waals surface area (Å²) in [5.74, 6) is 6.56. The Labute approximate surface area is 110 Å². The summed E-state index contributed by atoms with van der Waals surface area (Å²) in [7, 11) is 0. The highest BCUT2D eigenvalue weighted by Gasteiger charge is 2.49. The lowest BCUT2D eigenvalue weighted by molar-refractivity contribution is 0.0459. The number of ether oxygens (including phenoxy) is 1. The summed E-state index contributed by atoms with van der Waals surface area (Å²) in [6.45, 7) is 4.35. The molecule has 1 aliphatic carbocycles. The van der Waals surface area contributed by atoms with E-state index in [0.29, 0.717) is 17.5 Å². The molecule has 0 bridgehead atoms. The lowest BCUT2D eigenvalue weighted by Crippen LogP contribution is -2.63. The summed E-state index contributed by atoms with van der Waals surface area (Å²) in [6.07, 6.45) is 9.26. The predicted molar refractivity (Wildman–Crippen MR) is 72.0 cm³/mol. The van der Waals surface area contributed by atoms with Crippen molar-refractivity contribution in [1.29, 1.82) is 0 Å². The Bertz CT molecular complexity index is 266. The van der Waals surface area contributed by atoms with Crippen molar-refractivity contribution in [3.05, 3.63) is 0 Å². The van der Waals surface area contributed by atoms with Crippen molar-refractivity contribution in [3.8, 4) is 0 Å². The number of likely N-dealkylation sites (tertiary alicyclic amines) is 1. The maximum atomic E-state index is 5.95. The van der Waals surface area contributed by atoms with E-state index in [0.717, 1.165) is 13.2 Å². The van der Waals surface area contributed by atoms with Crippen molar-refractivity contribution in [2.45, 2.75) is 56.5 Å². The number of nitrogens with two attached hydrogens (primary N) is 1. The fourth-order valence-electron chi connectivity index (χ4n) is 4.52. The van der Waals surface area contributed by atoms with Gasteiger partial charge in [-0.2, -0.15) is 0 Å². The number of nitrogens with zero attached hydrogens (tertiary/aromatic N) is 1. The van der Waals surface area contributed by atoms with Crippen molar-refractivity contribution in [2.24, 2.45) is 11.8 Å². The van der Waals surface area contributed by atoms with Crippen LogP contribution in [0.4, 0.5) is 0 Å². The van der Waals surface area contributed by atoms with Gasteiger partial charge in [-0.15, -0.1) is 0 Å². The molecule has 0 aromatic heterocycles. The second-order valence-electron chi connectivity index (χ2n) is 6.27. The van der Waals surface area contributed by atoms with E-state index in [4.69, 9.17) is 10.6 Å². The molecule has 2 unspecified atom stereocenters. The summed E-state index contributed by atoms with van der Waals surface area (Å²) in [4.78, 5) is 2.74. The van der Waals surface area contributed by atoms with Gasteiger partial charge in [-0.05, 0) is 45.2 Å². The minimum atomic E-state index is 0.323. The van der Waals surface area contributed by atoms with Gasteiger partial charge < -0.3 is 4.74 Å². The number of nitrogens with one attached hydrogen (secondary N) is 1. The van der Waals surface area contributed by atoms with Crippen molar-refractivity contribution in [1.82, 2.24) is 10.3 Å². The zero-order chi connectivity index (χ0) is 12.4. The van der Waals surface area contributed by atoms with Crippen molar-refractivity contribution in [2.75, 3.05) is 26.3 Å². The summed E-state index contributed by atoms with van der Waals surface area (Å²) in [5.41, 5.74) is 3.51. The molecule has 4 nitrogen and oxygen atoms in total. The van der Waals surface area contributed by atoms with E-state index >= 15 is 0 Å². The van der Waals surface area contributed by atoms with Crippen LogP contribution in [-0.4, -0.2) is 42.8 Å². The summed E-state index contributed by atoms with van der Waals surface area (Å²) >= 11 is 0. The average molecular weight is 253 g/mol. The van der Waals surface area contributed by atoms with Gasteiger partial charge in [-0.3, -0.25) is 16.2 Å². The van der Waals surface area contributed by atoms with Gasteiger partial charge in [0.15, 0.2) is 0 Å². The summed E-state index contributed by atoms with van der Waals surface area (Å²) < 4.78 is 5.59. The standard InChI is InChI=1S/C14H27N3O/c15-16-13(12-5-10-18-11-12)14(6-1-2-7-14)17-8-3-4-9-17/h12-13,16H,1-11,15H2. The van der Waals surface area contributed by atoms with E-state index in [1.165, 1.54) is 58.0 Å². The van der Waals surface area contributed by atoms with Crippen molar-refractivity contribution >= 4 is 0 Å². The number of rotatable bonds is 4. The smallest absolute Gasteiger partial charge is 0.0511 e. The normalized spacial score (nSPS) is 34.2. The third-order valence-corrected chi connectivity index (χ3v) is 5.40. The lowest BCUT2D eigenvalue weighted by atomic mass is 9.78. The van der Waals surface area contributed by atoms with Gasteiger partial charge in [0.25, 0.3) is 0 Å². The number of hydrazine groups is 1. The van der Waals surface area contributed by atoms with Crippen LogP contribution in [0.3, 0.4) is 0 Å². The molecule has 0 radical (unpaired) electrons. The van der Waals surface area contributed by atoms with Gasteiger partial charge in [0.2, 0.25) is 0 Å². The molecule has 2 aliphatic heterocycles. The van der Waals surface area contributed by atoms with Crippen molar-refractivity contribution < 1.29 is 4.74 Å². The van der Waals surface area contributed by atoms with Gasteiger partial charge >= 0.3 is 0 Å². The lowest BCUT2D eigenvalue weighted by Gasteiger charge is -2.47. The van der Waals surface area contributed by atoms with Gasteiger partial charge in [-0.25, -0.2) is 0 Å². The molecule has 0 aromatic carbocycles. The zero-order valence-corrected chi connectivity index (χ0v) is 11.4. The molecule has 3 rings (SSSR count). The Hall–Kier alpha value is -0.160. The Morgan fingerprint density at radius 2 is 1.89 bits per heavy atom. The van der Waals surface area contributed by atoms with E-state index in [-0.39, 0.29) is 0 Å². The molecule has 2 saturated heterocycles. The van der Waals surface area contributed by atoms with Crippen LogP contribution in [0.5, 0.6) is 0 Å². The molecule has 3 aliphatic rings. The first kappa shape index (κ1) is 12.9.